The molecule has 0 saturated heterocycles. The van der Waals surface area contributed by atoms with Crippen molar-refractivity contribution in [2.24, 2.45) is 0 Å². The summed E-state index contributed by atoms with van der Waals surface area (Å²) >= 11 is 0. The molecule has 15 heavy (non-hydrogen) atoms. The molecule has 6 heteroatoms. The average molecular weight is 229 g/mol. The Labute approximate surface area is 87.9 Å². The maximum Gasteiger partial charge on any atom is 0.390 e. The second kappa shape index (κ2) is 7.90. The van der Waals surface area contributed by atoms with Gasteiger partial charge in [0.15, 0.2) is 0 Å². The van der Waals surface area contributed by atoms with E-state index in [1.165, 1.54) is 6.92 Å². The van der Waals surface area contributed by atoms with Crippen molar-refractivity contribution in [3.8, 4) is 0 Å². The van der Waals surface area contributed by atoms with Crippen molar-refractivity contribution in [1.82, 2.24) is 5.32 Å². The lowest BCUT2D eigenvalue weighted by Gasteiger charge is -2.15. The molecule has 1 N–H and O–H groups in total. The molecule has 1 atom stereocenters. The van der Waals surface area contributed by atoms with Gasteiger partial charge in [-0.25, -0.2) is 0 Å². The average Bonchev–Trinajstić information content (AvgIpc) is 2.08. The normalized spacial score (nSPS) is 14.2. The van der Waals surface area contributed by atoms with Gasteiger partial charge >= 0.3 is 6.18 Å². The molecule has 0 radical (unpaired) electrons. The van der Waals surface area contributed by atoms with Crippen molar-refractivity contribution in [3.05, 3.63) is 0 Å². The van der Waals surface area contributed by atoms with Crippen LogP contribution in [0.2, 0.25) is 0 Å². The molecule has 92 valence electrons. The van der Waals surface area contributed by atoms with E-state index in [1.54, 1.807) is 7.11 Å². The third-order valence-corrected chi connectivity index (χ3v) is 1.71. The molecule has 0 aliphatic rings. The minimum absolute atomic E-state index is 0.394. The molecular weight excluding hydrogens is 211 g/mol. The van der Waals surface area contributed by atoms with Gasteiger partial charge in [-0.1, -0.05) is 0 Å². The highest BCUT2D eigenvalue weighted by atomic mass is 19.4. The van der Waals surface area contributed by atoms with E-state index in [1.807, 2.05) is 0 Å². The minimum Gasteiger partial charge on any atom is -0.382 e. The van der Waals surface area contributed by atoms with E-state index < -0.39 is 18.6 Å². The van der Waals surface area contributed by atoms with Crippen LogP contribution < -0.4 is 5.32 Å². The van der Waals surface area contributed by atoms with Gasteiger partial charge in [-0.15, -0.1) is 0 Å². The molecule has 0 aliphatic carbocycles. The summed E-state index contributed by atoms with van der Waals surface area (Å²) in [6.45, 7) is 3.28. The summed E-state index contributed by atoms with van der Waals surface area (Å²) in [4.78, 5) is 0. The van der Waals surface area contributed by atoms with E-state index in [2.05, 4.69) is 5.32 Å². The van der Waals surface area contributed by atoms with Crippen molar-refractivity contribution < 1.29 is 22.6 Å². The van der Waals surface area contributed by atoms with Crippen LogP contribution in [0.5, 0.6) is 0 Å². The second-order valence-corrected chi connectivity index (χ2v) is 3.28. The first-order chi connectivity index (χ1) is 6.95. The molecule has 0 rings (SSSR count). The standard InChI is InChI=1S/C9H18F3NO2/c1-8(7-9(10,11)12)13-3-4-15-6-5-14-2/h8,13H,3-7H2,1-2H3. The molecule has 0 aromatic rings. The van der Waals surface area contributed by atoms with Crippen molar-refractivity contribution in [1.29, 1.82) is 0 Å². The minimum atomic E-state index is -4.11. The number of ether oxygens (including phenoxy) is 2. The first kappa shape index (κ1) is 14.7. The van der Waals surface area contributed by atoms with Crippen LogP contribution in [0.25, 0.3) is 0 Å². The highest BCUT2D eigenvalue weighted by molar-refractivity contribution is 4.65. The zero-order valence-corrected chi connectivity index (χ0v) is 9.06. The first-order valence-electron chi connectivity index (χ1n) is 4.82. The van der Waals surface area contributed by atoms with Crippen LogP contribution in [0.1, 0.15) is 13.3 Å². The fraction of sp³-hybridized carbons (Fsp3) is 1.00. The smallest absolute Gasteiger partial charge is 0.382 e. The van der Waals surface area contributed by atoms with Crippen LogP contribution in [-0.2, 0) is 9.47 Å². The van der Waals surface area contributed by atoms with Gasteiger partial charge in [0, 0.05) is 19.7 Å². The van der Waals surface area contributed by atoms with E-state index in [9.17, 15) is 13.2 Å². The third kappa shape index (κ3) is 11.6. The van der Waals surface area contributed by atoms with Crippen LogP contribution in [0.3, 0.4) is 0 Å². The number of nitrogens with one attached hydrogen (secondary N) is 1. The van der Waals surface area contributed by atoms with E-state index in [0.29, 0.717) is 26.4 Å². The van der Waals surface area contributed by atoms with Crippen LogP contribution in [0.15, 0.2) is 0 Å². The van der Waals surface area contributed by atoms with Crippen LogP contribution in [-0.4, -0.2) is 45.7 Å². The number of hydrogen-bond donors (Lipinski definition) is 1. The molecule has 0 fully saturated rings. The molecule has 0 heterocycles. The predicted octanol–water partition coefficient (Wildman–Crippen LogP) is 1.58. The number of methoxy groups -OCH3 is 1. The Morgan fingerprint density at radius 1 is 1.20 bits per heavy atom. The summed E-state index contributed by atoms with van der Waals surface area (Å²) in [6.07, 6.45) is -4.92. The Morgan fingerprint density at radius 2 is 1.87 bits per heavy atom. The summed E-state index contributed by atoms with van der Waals surface area (Å²) in [5, 5.41) is 2.73. The molecular formula is C9H18F3NO2. The molecule has 0 spiro atoms. The Balaban J connectivity index is 3.28. The second-order valence-electron chi connectivity index (χ2n) is 3.28. The summed E-state index contributed by atoms with van der Waals surface area (Å²) in [7, 11) is 1.56. The lowest BCUT2D eigenvalue weighted by Crippen LogP contribution is -2.33. The topological polar surface area (TPSA) is 30.5 Å². The quantitative estimate of drug-likeness (QED) is 0.641. The summed E-state index contributed by atoms with van der Waals surface area (Å²) in [5.74, 6) is 0. The molecule has 0 amide bonds. The number of rotatable bonds is 8. The molecule has 3 nitrogen and oxygen atoms in total. The van der Waals surface area contributed by atoms with Crippen LogP contribution >= 0.6 is 0 Å². The zero-order chi connectivity index (χ0) is 11.7. The maximum atomic E-state index is 11.9. The van der Waals surface area contributed by atoms with Crippen molar-refractivity contribution in [3.63, 3.8) is 0 Å². The molecule has 0 aromatic carbocycles. The van der Waals surface area contributed by atoms with Gasteiger partial charge in [0.05, 0.1) is 26.2 Å². The fourth-order valence-corrected chi connectivity index (χ4v) is 1.04. The van der Waals surface area contributed by atoms with Gasteiger partial charge in [-0.3, -0.25) is 0 Å². The molecule has 0 saturated carbocycles. The largest absolute Gasteiger partial charge is 0.390 e. The zero-order valence-electron chi connectivity index (χ0n) is 9.06. The predicted molar refractivity (Wildman–Crippen MR) is 50.8 cm³/mol. The van der Waals surface area contributed by atoms with E-state index in [-0.39, 0.29) is 0 Å². The molecule has 1 unspecified atom stereocenters. The van der Waals surface area contributed by atoms with Crippen LogP contribution in [0.4, 0.5) is 13.2 Å². The number of halogens is 3. The molecule has 0 aromatic heterocycles. The van der Waals surface area contributed by atoms with Crippen LogP contribution in [0, 0.1) is 0 Å². The van der Waals surface area contributed by atoms with Crippen molar-refractivity contribution in [2.75, 3.05) is 33.5 Å². The first-order valence-corrected chi connectivity index (χ1v) is 4.82. The fourth-order valence-electron chi connectivity index (χ4n) is 1.04. The summed E-state index contributed by atoms with van der Waals surface area (Å²) in [5.41, 5.74) is 0. The highest BCUT2D eigenvalue weighted by Crippen LogP contribution is 2.20. The van der Waals surface area contributed by atoms with Gasteiger partial charge in [-0.05, 0) is 6.92 Å². The Kier molecular flexibility index (Phi) is 7.72. The highest BCUT2D eigenvalue weighted by Gasteiger charge is 2.29. The monoisotopic (exact) mass is 229 g/mol. The Hall–Kier alpha value is -0.330. The van der Waals surface area contributed by atoms with Crippen molar-refractivity contribution in [2.45, 2.75) is 25.6 Å². The van der Waals surface area contributed by atoms with Gasteiger partial charge in [0.25, 0.3) is 0 Å². The van der Waals surface area contributed by atoms with Crippen molar-refractivity contribution >= 4 is 0 Å². The van der Waals surface area contributed by atoms with Gasteiger partial charge < -0.3 is 14.8 Å². The SMILES string of the molecule is COCCOCCNC(C)CC(F)(F)F. The summed E-state index contributed by atoms with van der Waals surface area (Å²) < 4.78 is 45.5. The van der Waals surface area contributed by atoms with Gasteiger partial charge in [0.2, 0.25) is 0 Å². The third-order valence-electron chi connectivity index (χ3n) is 1.71. The number of alkyl halides is 3. The van der Waals surface area contributed by atoms with Gasteiger partial charge in [0.1, 0.15) is 0 Å². The molecule has 0 aliphatic heterocycles. The Morgan fingerprint density at radius 3 is 2.40 bits per heavy atom. The molecule has 0 bridgehead atoms. The summed E-state index contributed by atoms with van der Waals surface area (Å²) in [6, 6.07) is -0.573. The Bertz CT molecular complexity index is 153. The lowest BCUT2D eigenvalue weighted by atomic mass is 10.2. The van der Waals surface area contributed by atoms with E-state index in [4.69, 9.17) is 9.47 Å². The lowest BCUT2D eigenvalue weighted by molar-refractivity contribution is -0.139. The number of hydrogen-bond acceptors (Lipinski definition) is 3. The maximum absolute atomic E-state index is 11.9. The van der Waals surface area contributed by atoms with E-state index >= 15 is 0 Å². The van der Waals surface area contributed by atoms with E-state index in [0.717, 1.165) is 0 Å². The van der Waals surface area contributed by atoms with Gasteiger partial charge in [-0.2, -0.15) is 13.2 Å².